The maximum Gasteiger partial charge on any atom is 0.261 e. The number of hydrogen-bond donors (Lipinski definition) is 0. The molecule has 5 rings (SSSR count). The first-order chi connectivity index (χ1) is 14.6. The highest BCUT2D eigenvalue weighted by Gasteiger charge is 2.34. The SMILES string of the molecule is Cc1ccc2c(c1)c(-c1ccccc1)nn2CCCN1C(=O)c2ccccc2C1=O. The van der Waals surface area contributed by atoms with Gasteiger partial charge >= 0.3 is 0 Å². The van der Waals surface area contributed by atoms with Gasteiger partial charge in [0.1, 0.15) is 5.69 Å². The van der Waals surface area contributed by atoms with Crippen molar-refractivity contribution in [1.82, 2.24) is 14.7 Å². The monoisotopic (exact) mass is 395 g/mol. The minimum Gasteiger partial charge on any atom is -0.274 e. The van der Waals surface area contributed by atoms with Gasteiger partial charge in [0.05, 0.1) is 16.6 Å². The van der Waals surface area contributed by atoms with Crippen molar-refractivity contribution < 1.29 is 9.59 Å². The maximum absolute atomic E-state index is 12.6. The smallest absolute Gasteiger partial charge is 0.261 e. The number of aryl methyl sites for hydroxylation is 2. The molecular weight excluding hydrogens is 374 g/mol. The summed E-state index contributed by atoms with van der Waals surface area (Å²) in [5, 5.41) is 5.98. The first-order valence-corrected chi connectivity index (χ1v) is 10.1. The molecule has 4 aromatic rings. The van der Waals surface area contributed by atoms with E-state index in [2.05, 4.69) is 37.3 Å². The number of imide groups is 1. The lowest BCUT2D eigenvalue weighted by atomic mass is 10.1. The van der Waals surface area contributed by atoms with Crippen LogP contribution < -0.4 is 0 Å². The molecule has 0 unspecified atom stereocenters. The maximum atomic E-state index is 12.6. The zero-order chi connectivity index (χ0) is 20.7. The molecule has 1 aromatic heterocycles. The molecule has 30 heavy (non-hydrogen) atoms. The molecule has 0 fully saturated rings. The topological polar surface area (TPSA) is 55.2 Å². The van der Waals surface area contributed by atoms with E-state index in [-0.39, 0.29) is 11.8 Å². The average molecular weight is 395 g/mol. The fraction of sp³-hybridized carbons (Fsp3) is 0.160. The Kier molecular flexibility index (Phi) is 4.43. The normalized spacial score (nSPS) is 13.3. The third kappa shape index (κ3) is 2.99. The van der Waals surface area contributed by atoms with Crippen molar-refractivity contribution in [1.29, 1.82) is 0 Å². The van der Waals surface area contributed by atoms with Gasteiger partial charge in [-0.1, -0.05) is 54.1 Å². The number of carbonyl (C=O) groups excluding carboxylic acids is 2. The third-order valence-electron chi connectivity index (χ3n) is 5.58. The predicted octanol–water partition coefficient (Wildman–Crippen LogP) is 4.70. The lowest BCUT2D eigenvalue weighted by molar-refractivity contribution is 0.0650. The molecule has 1 aliphatic rings. The van der Waals surface area contributed by atoms with Crippen LogP contribution in [0.2, 0.25) is 0 Å². The number of nitrogens with zero attached hydrogens (tertiary/aromatic N) is 3. The Morgan fingerprint density at radius 2 is 1.47 bits per heavy atom. The zero-order valence-corrected chi connectivity index (χ0v) is 16.7. The highest BCUT2D eigenvalue weighted by atomic mass is 16.2. The van der Waals surface area contributed by atoms with E-state index in [4.69, 9.17) is 5.10 Å². The van der Waals surface area contributed by atoms with Crippen molar-refractivity contribution in [2.75, 3.05) is 6.54 Å². The molecule has 0 N–H and O–H groups in total. The molecule has 148 valence electrons. The summed E-state index contributed by atoms with van der Waals surface area (Å²) in [6.45, 7) is 3.08. The third-order valence-corrected chi connectivity index (χ3v) is 5.58. The molecule has 0 radical (unpaired) electrons. The van der Waals surface area contributed by atoms with Gasteiger partial charge in [-0.25, -0.2) is 0 Å². The second kappa shape index (κ2) is 7.26. The van der Waals surface area contributed by atoms with Crippen LogP contribution in [0.4, 0.5) is 0 Å². The van der Waals surface area contributed by atoms with Crippen molar-refractivity contribution in [3.63, 3.8) is 0 Å². The van der Waals surface area contributed by atoms with E-state index in [1.807, 2.05) is 22.9 Å². The van der Waals surface area contributed by atoms with E-state index in [9.17, 15) is 9.59 Å². The van der Waals surface area contributed by atoms with E-state index in [0.717, 1.165) is 22.2 Å². The lowest BCUT2D eigenvalue weighted by Crippen LogP contribution is -2.31. The van der Waals surface area contributed by atoms with Gasteiger partial charge in [-0.05, 0) is 37.6 Å². The van der Waals surface area contributed by atoms with Gasteiger partial charge in [0, 0.05) is 24.0 Å². The molecule has 1 aliphatic heterocycles. The molecule has 0 spiro atoms. The lowest BCUT2D eigenvalue weighted by Gasteiger charge is -2.13. The van der Waals surface area contributed by atoms with Gasteiger partial charge in [-0.2, -0.15) is 5.10 Å². The zero-order valence-electron chi connectivity index (χ0n) is 16.7. The van der Waals surface area contributed by atoms with E-state index in [1.54, 1.807) is 24.3 Å². The Balaban J connectivity index is 1.39. The Morgan fingerprint density at radius 3 is 2.17 bits per heavy atom. The molecule has 2 amide bonds. The van der Waals surface area contributed by atoms with Crippen LogP contribution in [0.15, 0.2) is 72.8 Å². The number of carbonyl (C=O) groups is 2. The first-order valence-electron chi connectivity index (χ1n) is 10.1. The van der Waals surface area contributed by atoms with Crippen LogP contribution in [0, 0.1) is 6.92 Å². The number of aromatic nitrogens is 2. The molecular formula is C25H21N3O2. The summed E-state index contributed by atoms with van der Waals surface area (Å²) in [7, 11) is 0. The molecule has 3 aromatic carbocycles. The molecule has 0 saturated heterocycles. The largest absolute Gasteiger partial charge is 0.274 e. The highest BCUT2D eigenvalue weighted by molar-refractivity contribution is 6.21. The van der Waals surface area contributed by atoms with Crippen LogP contribution >= 0.6 is 0 Å². The summed E-state index contributed by atoms with van der Waals surface area (Å²) >= 11 is 0. The van der Waals surface area contributed by atoms with Crippen LogP contribution in [0.25, 0.3) is 22.2 Å². The van der Waals surface area contributed by atoms with Crippen molar-refractivity contribution in [3.05, 3.63) is 89.5 Å². The minimum absolute atomic E-state index is 0.207. The minimum atomic E-state index is -0.207. The quantitative estimate of drug-likeness (QED) is 0.460. The summed E-state index contributed by atoms with van der Waals surface area (Å²) in [5.41, 5.74) is 5.26. The molecule has 0 atom stereocenters. The van der Waals surface area contributed by atoms with E-state index in [0.29, 0.717) is 30.6 Å². The van der Waals surface area contributed by atoms with Crippen LogP contribution in [-0.4, -0.2) is 33.0 Å². The Hall–Kier alpha value is -3.73. The first kappa shape index (κ1) is 18.3. The number of fused-ring (bicyclic) bond motifs is 2. The van der Waals surface area contributed by atoms with Crippen LogP contribution in [0.1, 0.15) is 32.7 Å². The summed E-state index contributed by atoms with van der Waals surface area (Å²) in [6, 6.07) is 23.5. The van der Waals surface area contributed by atoms with Gasteiger partial charge in [-0.3, -0.25) is 19.2 Å². The summed E-state index contributed by atoms with van der Waals surface area (Å²) < 4.78 is 1.98. The molecule has 5 heteroatoms. The van der Waals surface area contributed by atoms with Crippen LogP contribution in [-0.2, 0) is 6.54 Å². The second-order valence-corrected chi connectivity index (χ2v) is 7.62. The van der Waals surface area contributed by atoms with Crippen molar-refractivity contribution in [3.8, 4) is 11.3 Å². The predicted molar refractivity (Wildman–Crippen MR) is 116 cm³/mol. The van der Waals surface area contributed by atoms with Gasteiger partial charge in [0.15, 0.2) is 0 Å². The standard InChI is InChI=1S/C25H21N3O2/c1-17-12-13-22-21(16-17)23(18-8-3-2-4-9-18)26-28(22)15-7-14-27-24(29)19-10-5-6-11-20(19)25(27)30/h2-6,8-13,16H,7,14-15H2,1H3. The van der Waals surface area contributed by atoms with Gasteiger partial charge in [0.25, 0.3) is 11.8 Å². The number of rotatable bonds is 5. The Morgan fingerprint density at radius 1 is 0.800 bits per heavy atom. The number of hydrogen-bond acceptors (Lipinski definition) is 3. The van der Waals surface area contributed by atoms with E-state index < -0.39 is 0 Å². The summed E-state index contributed by atoms with van der Waals surface area (Å²) in [5.74, 6) is -0.414. The Labute approximate surface area is 174 Å². The van der Waals surface area contributed by atoms with E-state index >= 15 is 0 Å². The van der Waals surface area contributed by atoms with E-state index in [1.165, 1.54) is 10.5 Å². The van der Waals surface area contributed by atoms with Gasteiger partial charge in [0.2, 0.25) is 0 Å². The molecule has 0 aliphatic carbocycles. The molecule has 5 nitrogen and oxygen atoms in total. The summed E-state index contributed by atoms with van der Waals surface area (Å²) in [6.07, 6.45) is 0.643. The van der Waals surface area contributed by atoms with Gasteiger partial charge < -0.3 is 0 Å². The van der Waals surface area contributed by atoms with Crippen LogP contribution in [0.5, 0.6) is 0 Å². The van der Waals surface area contributed by atoms with Crippen molar-refractivity contribution in [2.45, 2.75) is 19.9 Å². The highest BCUT2D eigenvalue weighted by Crippen LogP contribution is 2.29. The van der Waals surface area contributed by atoms with Gasteiger partial charge in [-0.15, -0.1) is 0 Å². The fourth-order valence-corrected chi connectivity index (χ4v) is 4.09. The van der Waals surface area contributed by atoms with Crippen LogP contribution in [0.3, 0.4) is 0 Å². The summed E-state index contributed by atoms with van der Waals surface area (Å²) in [4.78, 5) is 26.5. The van der Waals surface area contributed by atoms with Crippen molar-refractivity contribution >= 4 is 22.7 Å². The average Bonchev–Trinajstić information content (AvgIpc) is 3.25. The Bertz CT molecular complexity index is 1240. The molecule has 2 heterocycles. The fourth-order valence-electron chi connectivity index (χ4n) is 4.09. The molecule has 0 bridgehead atoms. The van der Waals surface area contributed by atoms with Crippen molar-refractivity contribution in [2.24, 2.45) is 0 Å². The number of amides is 2. The molecule has 0 saturated carbocycles. The second-order valence-electron chi connectivity index (χ2n) is 7.62. The number of benzene rings is 3.